The molecule has 3 N–H and O–H groups in total. The molecule has 0 saturated heterocycles. The number of thiazole rings is 1. The number of methoxy groups -OCH3 is 2. The van der Waals surface area contributed by atoms with E-state index in [1.807, 2.05) is 18.3 Å². The molecule has 8 heteroatoms. The van der Waals surface area contributed by atoms with Gasteiger partial charge in [0, 0.05) is 22.8 Å². The van der Waals surface area contributed by atoms with E-state index in [4.69, 9.17) is 15.2 Å². The zero-order chi connectivity index (χ0) is 15.9. The minimum Gasteiger partial charge on any atom is -0.493 e. The van der Waals surface area contributed by atoms with Gasteiger partial charge in [-0.15, -0.1) is 35.3 Å². The molecule has 0 radical (unpaired) electrons. The minimum atomic E-state index is 0. The van der Waals surface area contributed by atoms with Crippen LogP contribution in [0, 0.1) is 0 Å². The molecule has 0 aliphatic heterocycles. The number of rotatable bonds is 6. The van der Waals surface area contributed by atoms with Crippen LogP contribution in [0.3, 0.4) is 0 Å². The Balaban J connectivity index is 0.00000264. The second-order valence-corrected chi connectivity index (χ2v) is 5.67. The summed E-state index contributed by atoms with van der Waals surface area (Å²) in [5.41, 5.74) is 6.68. The van der Waals surface area contributed by atoms with Crippen molar-refractivity contribution in [3.05, 3.63) is 34.3 Å². The summed E-state index contributed by atoms with van der Waals surface area (Å²) in [5, 5.41) is 3.98. The molecule has 0 aliphatic carbocycles. The van der Waals surface area contributed by atoms with Crippen LogP contribution in [0.15, 0.2) is 29.4 Å². The number of aryl methyl sites for hydroxylation is 1. The number of guanidine groups is 1. The number of hydrogen-bond acceptors (Lipinski definition) is 5. The van der Waals surface area contributed by atoms with Gasteiger partial charge >= 0.3 is 0 Å². The van der Waals surface area contributed by atoms with Crippen molar-refractivity contribution in [2.75, 3.05) is 19.5 Å². The average molecular weight is 448 g/mol. The number of nitrogens with two attached hydrogens (primary N) is 1. The maximum atomic E-state index is 5.90. The van der Waals surface area contributed by atoms with Crippen LogP contribution in [0.1, 0.15) is 16.8 Å². The molecule has 0 fully saturated rings. The first-order valence-corrected chi connectivity index (χ1v) is 7.70. The lowest BCUT2D eigenvalue weighted by Gasteiger charge is -2.10. The van der Waals surface area contributed by atoms with Crippen molar-refractivity contribution in [3.8, 4) is 11.5 Å². The topological polar surface area (TPSA) is 81.8 Å². The second-order valence-electron chi connectivity index (χ2n) is 4.47. The number of hydrogen-bond donors (Lipinski definition) is 2. The quantitative estimate of drug-likeness (QED) is 0.403. The molecule has 1 heterocycles. The van der Waals surface area contributed by atoms with Crippen LogP contribution in [-0.4, -0.2) is 25.2 Å². The van der Waals surface area contributed by atoms with E-state index in [1.54, 1.807) is 31.6 Å². The number of aliphatic imine (C=N–C) groups is 1. The summed E-state index contributed by atoms with van der Waals surface area (Å²) in [6.45, 7) is 2.57. The van der Waals surface area contributed by atoms with Crippen molar-refractivity contribution in [1.82, 2.24) is 4.98 Å². The van der Waals surface area contributed by atoms with Crippen molar-refractivity contribution in [1.29, 1.82) is 0 Å². The third kappa shape index (κ3) is 5.54. The number of aromatic nitrogens is 1. The van der Waals surface area contributed by atoms with Gasteiger partial charge in [0.2, 0.25) is 0 Å². The van der Waals surface area contributed by atoms with Crippen molar-refractivity contribution in [2.45, 2.75) is 19.9 Å². The third-order valence-electron chi connectivity index (χ3n) is 2.99. The van der Waals surface area contributed by atoms with Gasteiger partial charge in [0.15, 0.2) is 17.5 Å². The average Bonchev–Trinajstić information content (AvgIpc) is 3.01. The van der Waals surface area contributed by atoms with E-state index in [9.17, 15) is 0 Å². The predicted octanol–water partition coefficient (Wildman–Crippen LogP) is 3.27. The van der Waals surface area contributed by atoms with Crippen molar-refractivity contribution < 1.29 is 9.47 Å². The van der Waals surface area contributed by atoms with Gasteiger partial charge in [0.05, 0.1) is 20.8 Å². The van der Waals surface area contributed by atoms with Gasteiger partial charge in [-0.2, -0.15) is 0 Å². The number of nitrogens with one attached hydrogen (secondary N) is 1. The normalized spacial score (nSPS) is 10.8. The van der Waals surface area contributed by atoms with E-state index >= 15 is 0 Å². The maximum Gasteiger partial charge on any atom is 0.193 e. The van der Waals surface area contributed by atoms with Crippen LogP contribution in [0.4, 0.5) is 5.69 Å². The SMILES string of the molecule is CCc1cnc(CN=C(N)Nc2ccc(OC)c(OC)c2)s1.I. The summed E-state index contributed by atoms with van der Waals surface area (Å²) >= 11 is 1.65. The van der Waals surface area contributed by atoms with Gasteiger partial charge < -0.3 is 20.5 Å². The Morgan fingerprint density at radius 2 is 2.04 bits per heavy atom. The highest BCUT2D eigenvalue weighted by Gasteiger charge is 2.05. The van der Waals surface area contributed by atoms with Gasteiger partial charge in [0.25, 0.3) is 0 Å². The summed E-state index contributed by atoms with van der Waals surface area (Å²) in [4.78, 5) is 9.85. The first-order chi connectivity index (χ1) is 10.7. The zero-order valence-electron chi connectivity index (χ0n) is 13.3. The number of ether oxygens (including phenoxy) is 2. The van der Waals surface area contributed by atoms with Crippen molar-refractivity contribution >= 4 is 47.0 Å². The van der Waals surface area contributed by atoms with Gasteiger partial charge in [-0.1, -0.05) is 6.92 Å². The Hall–Kier alpha value is -1.55. The highest BCUT2D eigenvalue weighted by molar-refractivity contribution is 14.0. The molecule has 2 rings (SSSR count). The predicted molar refractivity (Wildman–Crippen MR) is 105 cm³/mol. The van der Waals surface area contributed by atoms with E-state index in [0.717, 1.165) is 17.1 Å². The fraction of sp³-hybridized carbons (Fsp3) is 0.333. The van der Waals surface area contributed by atoms with Crippen LogP contribution >= 0.6 is 35.3 Å². The molecule has 0 saturated carbocycles. The zero-order valence-corrected chi connectivity index (χ0v) is 16.5. The molecule has 0 amide bonds. The van der Waals surface area contributed by atoms with Crippen LogP contribution in [0.2, 0.25) is 0 Å². The molecule has 0 atom stereocenters. The van der Waals surface area contributed by atoms with E-state index in [-0.39, 0.29) is 24.0 Å². The first kappa shape index (κ1) is 19.5. The molecule has 0 aliphatic rings. The lowest BCUT2D eigenvalue weighted by Crippen LogP contribution is -2.22. The fourth-order valence-electron chi connectivity index (χ4n) is 1.84. The monoisotopic (exact) mass is 448 g/mol. The first-order valence-electron chi connectivity index (χ1n) is 6.88. The van der Waals surface area contributed by atoms with Crippen LogP contribution in [0.5, 0.6) is 11.5 Å². The molecule has 0 bridgehead atoms. The standard InChI is InChI=1S/C15H20N4O2S.HI/c1-4-11-8-17-14(22-11)9-18-15(16)19-10-5-6-12(20-2)13(7-10)21-3;/h5-8H,4,9H2,1-3H3,(H3,16,18,19);1H. The molecule has 126 valence electrons. The Kier molecular flexibility index (Phi) is 8.10. The Bertz CT molecular complexity index is 661. The lowest BCUT2D eigenvalue weighted by atomic mass is 10.3. The highest BCUT2D eigenvalue weighted by atomic mass is 127. The lowest BCUT2D eigenvalue weighted by molar-refractivity contribution is 0.355. The summed E-state index contributed by atoms with van der Waals surface area (Å²) < 4.78 is 10.4. The fourth-order valence-corrected chi connectivity index (χ4v) is 2.63. The number of anilines is 1. The Labute approximate surface area is 157 Å². The molecule has 0 spiro atoms. The van der Waals surface area contributed by atoms with Crippen molar-refractivity contribution in [2.24, 2.45) is 10.7 Å². The van der Waals surface area contributed by atoms with Crippen molar-refractivity contribution in [3.63, 3.8) is 0 Å². The van der Waals surface area contributed by atoms with E-state index in [1.165, 1.54) is 4.88 Å². The Morgan fingerprint density at radius 3 is 2.65 bits per heavy atom. The molecule has 23 heavy (non-hydrogen) atoms. The molecule has 2 aromatic rings. The van der Waals surface area contributed by atoms with Gasteiger partial charge in [-0.3, -0.25) is 0 Å². The van der Waals surface area contributed by atoms with Crippen LogP contribution in [-0.2, 0) is 13.0 Å². The minimum absolute atomic E-state index is 0. The number of benzene rings is 1. The number of nitrogens with zero attached hydrogens (tertiary/aromatic N) is 2. The maximum absolute atomic E-state index is 5.90. The third-order valence-corrected chi connectivity index (χ3v) is 4.12. The summed E-state index contributed by atoms with van der Waals surface area (Å²) in [6.07, 6.45) is 2.87. The van der Waals surface area contributed by atoms with E-state index < -0.39 is 0 Å². The van der Waals surface area contributed by atoms with E-state index in [2.05, 4.69) is 22.2 Å². The van der Waals surface area contributed by atoms with Gasteiger partial charge in [-0.25, -0.2) is 9.98 Å². The molecule has 0 unspecified atom stereocenters. The number of halogens is 1. The highest BCUT2D eigenvalue weighted by Crippen LogP contribution is 2.29. The Morgan fingerprint density at radius 1 is 1.30 bits per heavy atom. The second kappa shape index (κ2) is 9.56. The molecular weight excluding hydrogens is 427 g/mol. The smallest absolute Gasteiger partial charge is 0.193 e. The summed E-state index contributed by atoms with van der Waals surface area (Å²) in [7, 11) is 3.19. The molecular formula is C15H21IN4O2S. The van der Waals surface area contributed by atoms with Crippen LogP contribution in [0.25, 0.3) is 0 Å². The van der Waals surface area contributed by atoms with Gasteiger partial charge in [-0.05, 0) is 18.6 Å². The summed E-state index contributed by atoms with van der Waals surface area (Å²) in [5.74, 6) is 1.63. The van der Waals surface area contributed by atoms with E-state index in [0.29, 0.717) is 24.0 Å². The van der Waals surface area contributed by atoms with Gasteiger partial charge in [0.1, 0.15) is 5.01 Å². The molecule has 1 aromatic heterocycles. The molecule has 1 aromatic carbocycles. The molecule has 6 nitrogen and oxygen atoms in total. The largest absolute Gasteiger partial charge is 0.493 e. The van der Waals surface area contributed by atoms with Crippen LogP contribution < -0.4 is 20.5 Å². The summed E-state index contributed by atoms with van der Waals surface area (Å²) in [6, 6.07) is 5.46.